The summed E-state index contributed by atoms with van der Waals surface area (Å²) in [5, 5.41) is 8.67. The van der Waals surface area contributed by atoms with Gasteiger partial charge in [0.2, 0.25) is 0 Å². The van der Waals surface area contributed by atoms with Gasteiger partial charge in [-0.1, -0.05) is 19.1 Å². The second-order valence-electron chi connectivity index (χ2n) is 5.32. The van der Waals surface area contributed by atoms with E-state index in [1.54, 1.807) is 23.5 Å². The van der Waals surface area contributed by atoms with E-state index in [-0.39, 0.29) is 12.4 Å². The number of nitrogens with two attached hydrogens (primary N) is 1. The van der Waals surface area contributed by atoms with Crippen LogP contribution in [0, 0.1) is 5.82 Å². The van der Waals surface area contributed by atoms with E-state index in [2.05, 4.69) is 22.5 Å². The van der Waals surface area contributed by atoms with Crippen molar-refractivity contribution in [2.24, 2.45) is 5.84 Å². The second kappa shape index (κ2) is 9.19. The number of nitrogens with one attached hydrogen (secondary N) is 3. The number of benzene rings is 1. The average molecular weight is 351 g/mol. The number of halogens is 1. The highest BCUT2D eigenvalue weighted by Crippen LogP contribution is 2.18. The van der Waals surface area contributed by atoms with Gasteiger partial charge in [0.25, 0.3) is 0 Å². The van der Waals surface area contributed by atoms with Crippen molar-refractivity contribution < 1.29 is 9.18 Å². The first kappa shape index (κ1) is 18.2. The number of urea groups is 1. The Labute approximate surface area is 144 Å². The maximum Gasteiger partial charge on any atom is 0.329 e. The predicted octanol–water partition coefficient (Wildman–Crippen LogP) is 2.56. The van der Waals surface area contributed by atoms with Crippen LogP contribution in [-0.2, 0) is 19.4 Å². The summed E-state index contributed by atoms with van der Waals surface area (Å²) < 4.78 is 14.1. The zero-order valence-corrected chi connectivity index (χ0v) is 14.4. The quantitative estimate of drug-likeness (QED) is 0.334. The maximum atomic E-state index is 14.1. The molecule has 0 saturated heterocycles. The third-order valence-electron chi connectivity index (χ3n) is 3.43. The van der Waals surface area contributed by atoms with Gasteiger partial charge in [-0.25, -0.2) is 20.0 Å². The molecule has 0 unspecified atom stereocenters. The van der Waals surface area contributed by atoms with Crippen molar-refractivity contribution in [3.63, 3.8) is 0 Å². The summed E-state index contributed by atoms with van der Waals surface area (Å²) in [6, 6.07) is 4.47. The minimum Gasteiger partial charge on any atom is -0.362 e. The van der Waals surface area contributed by atoms with Gasteiger partial charge in [0.1, 0.15) is 5.82 Å². The largest absolute Gasteiger partial charge is 0.362 e. The molecule has 0 atom stereocenters. The molecule has 2 aromatic rings. The molecule has 0 fully saturated rings. The molecule has 0 aliphatic heterocycles. The molecule has 1 heterocycles. The average Bonchev–Trinajstić information content (AvgIpc) is 3.04. The first-order valence-electron chi connectivity index (χ1n) is 7.82. The fourth-order valence-corrected chi connectivity index (χ4v) is 2.91. The van der Waals surface area contributed by atoms with E-state index in [1.807, 2.05) is 10.8 Å². The highest BCUT2D eigenvalue weighted by Gasteiger charge is 2.07. The van der Waals surface area contributed by atoms with Crippen molar-refractivity contribution in [1.82, 2.24) is 15.7 Å². The third-order valence-corrected chi connectivity index (χ3v) is 4.28. The number of carbonyl (C=O) groups is 1. The van der Waals surface area contributed by atoms with Crippen LogP contribution in [0.25, 0.3) is 0 Å². The number of anilines is 1. The lowest BCUT2D eigenvalue weighted by Crippen LogP contribution is -2.39. The Morgan fingerprint density at radius 2 is 2.21 bits per heavy atom. The topological polar surface area (TPSA) is 92.1 Å². The number of hydrazine groups is 1. The number of aromatic nitrogens is 1. The minimum absolute atomic E-state index is 0.221. The van der Waals surface area contributed by atoms with Crippen molar-refractivity contribution in [1.29, 1.82) is 0 Å². The van der Waals surface area contributed by atoms with E-state index in [1.165, 1.54) is 6.07 Å². The summed E-state index contributed by atoms with van der Waals surface area (Å²) in [6.45, 7) is 3.23. The minimum atomic E-state index is -0.504. The Hall–Kier alpha value is -2.19. The zero-order chi connectivity index (χ0) is 17.4. The van der Waals surface area contributed by atoms with Gasteiger partial charge in [0.05, 0.1) is 5.69 Å². The molecule has 0 spiro atoms. The van der Waals surface area contributed by atoms with Crippen LogP contribution < -0.4 is 21.9 Å². The van der Waals surface area contributed by atoms with Gasteiger partial charge in [-0.15, -0.1) is 11.3 Å². The lowest BCUT2D eigenvalue weighted by Gasteiger charge is -2.07. The molecule has 2 rings (SSSR count). The number of hydrogen-bond donors (Lipinski definition) is 4. The Balaban J connectivity index is 1.88. The molecule has 0 aliphatic carbocycles. The number of aryl methyl sites for hydroxylation is 2. The molecule has 0 saturated carbocycles. The predicted molar refractivity (Wildman–Crippen MR) is 94.3 cm³/mol. The van der Waals surface area contributed by atoms with Crippen LogP contribution >= 0.6 is 11.3 Å². The maximum absolute atomic E-state index is 14.1. The number of hydrogen-bond acceptors (Lipinski definition) is 5. The molecule has 0 radical (unpaired) electrons. The van der Waals surface area contributed by atoms with Crippen LogP contribution in [0.5, 0.6) is 0 Å². The first-order valence-corrected chi connectivity index (χ1v) is 8.70. The molecule has 2 amide bonds. The molecule has 130 valence electrons. The van der Waals surface area contributed by atoms with Gasteiger partial charge >= 0.3 is 6.03 Å². The summed E-state index contributed by atoms with van der Waals surface area (Å²) in [7, 11) is 0. The van der Waals surface area contributed by atoms with Crippen LogP contribution in [0.4, 0.5) is 14.3 Å². The molecule has 1 aromatic carbocycles. The molecule has 5 N–H and O–H groups in total. The van der Waals surface area contributed by atoms with E-state index in [4.69, 9.17) is 5.84 Å². The van der Waals surface area contributed by atoms with E-state index in [0.29, 0.717) is 24.0 Å². The zero-order valence-electron chi connectivity index (χ0n) is 13.6. The van der Waals surface area contributed by atoms with Crippen molar-refractivity contribution in [3.05, 3.63) is 46.2 Å². The lowest BCUT2D eigenvalue weighted by molar-refractivity contribution is 0.240. The van der Waals surface area contributed by atoms with Crippen molar-refractivity contribution in [2.75, 3.05) is 11.9 Å². The van der Waals surface area contributed by atoms with Gasteiger partial charge in [-0.05, 0) is 36.5 Å². The summed E-state index contributed by atoms with van der Waals surface area (Å²) in [6.07, 6.45) is 2.32. The molecule has 6 nitrogen and oxygen atoms in total. The van der Waals surface area contributed by atoms with E-state index in [0.717, 1.165) is 23.8 Å². The van der Waals surface area contributed by atoms with Gasteiger partial charge in [0, 0.05) is 18.5 Å². The summed E-state index contributed by atoms with van der Waals surface area (Å²) in [4.78, 5) is 15.5. The molecular formula is C16H22FN5OS. The van der Waals surface area contributed by atoms with E-state index in [9.17, 15) is 9.18 Å². The SMILES string of the molecule is CCCNc1nc(CCc2ccc(CNC(=O)NN)cc2F)cs1. The number of rotatable bonds is 8. The van der Waals surface area contributed by atoms with Crippen LogP contribution in [-0.4, -0.2) is 17.6 Å². The number of carbonyl (C=O) groups excluding carboxylic acids is 1. The molecule has 1 aromatic heterocycles. The summed E-state index contributed by atoms with van der Waals surface area (Å²) in [5.41, 5.74) is 4.24. The molecule has 0 bridgehead atoms. The number of nitrogens with zero attached hydrogens (tertiary/aromatic N) is 1. The Kier molecular flexibility index (Phi) is 6.95. The van der Waals surface area contributed by atoms with Crippen LogP contribution in [0.1, 0.15) is 30.2 Å². The molecule has 8 heteroatoms. The van der Waals surface area contributed by atoms with E-state index < -0.39 is 6.03 Å². The normalized spacial score (nSPS) is 10.5. The van der Waals surface area contributed by atoms with Crippen LogP contribution in [0.3, 0.4) is 0 Å². The third kappa shape index (κ3) is 5.47. The molecule has 24 heavy (non-hydrogen) atoms. The monoisotopic (exact) mass is 351 g/mol. The highest BCUT2D eigenvalue weighted by atomic mass is 32.1. The summed E-state index contributed by atoms with van der Waals surface area (Å²) >= 11 is 1.57. The molecule has 0 aliphatic rings. The van der Waals surface area contributed by atoms with Crippen LogP contribution in [0.15, 0.2) is 23.6 Å². The fourth-order valence-electron chi connectivity index (χ4n) is 2.13. The van der Waals surface area contributed by atoms with Crippen molar-refractivity contribution in [2.45, 2.75) is 32.7 Å². The smallest absolute Gasteiger partial charge is 0.329 e. The first-order chi connectivity index (χ1) is 11.6. The number of thiazole rings is 1. The van der Waals surface area contributed by atoms with Crippen LogP contribution in [0.2, 0.25) is 0 Å². The summed E-state index contributed by atoms with van der Waals surface area (Å²) in [5.74, 6) is 4.69. The fraction of sp³-hybridized carbons (Fsp3) is 0.375. The Bertz CT molecular complexity index is 676. The van der Waals surface area contributed by atoms with E-state index >= 15 is 0 Å². The second-order valence-corrected chi connectivity index (χ2v) is 6.18. The lowest BCUT2D eigenvalue weighted by atomic mass is 10.1. The number of amides is 2. The highest BCUT2D eigenvalue weighted by molar-refractivity contribution is 7.13. The van der Waals surface area contributed by atoms with Gasteiger partial charge in [-0.2, -0.15) is 0 Å². The Morgan fingerprint density at radius 1 is 1.38 bits per heavy atom. The van der Waals surface area contributed by atoms with Crippen molar-refractivity contribution in [3.8, 4) is 0 Å². The van der Waals surface area contributed by atoms with Crippen molar-refractivity contribution >= 4 is 22.5 Å². The van der Waals surface area contributed by atoms with Gasteiger partial charge in [-0.3, -0.25) is 5.43 Å². The van der Waals surface area contributed by atoms with Gasteiger partial charge in [0.15, 0.2) is 5.13 Å². The van der Waals surface area contributed by atoms with Gasteiger partial charge < -0.3 is 10.6 Å². The Morgan fingerprint density at radius 3 is 2.92 bits per heavy atom. The molecular weight excluding hydrogens is 329 g/mol. The standard InChI is InChI=1S/C16H22FN5OS/c1-2-7-19-16-21-13(10-24-16)6-5-12-4-3-11(8-14(12)17)9-20-15(23)22-18/h3-4,8,10H,2,5-7,9,18H2,1H3,(H,19,21)(H2,20,22,23).